The Morgan fingerprint density at radius 2 is 1.58 bits per heavy atom. The van der Waals surface area contributed by atoms with Gasteiger partial charge in [0.25, 0.3) is 0 Å². The molecule has 1 saturated carbocycles. The summed E-state index contributed by atoms with van der Waals surface area (Å²) in [5, 5.41) is 0. The zero-order valence-corrected chi connectivity index (χ0v) is 11.5. The maximum atomic E-state index is 12.5. The molecular formula is C15H21F3O. The van der Waals surface area contributed by atoms with Crippen LogP contribution in [0.3, 0.4) is 0 Å². The predicted molar refractivity (Wildman–Crippen MR) is 69.7 cm³/mol. The molecule has 0 aromatic heterocycles. The van der Waals surface area contributed by atoms with E-state index < -0.39 is 17.5 Å². The van der Waals surface area contributed by atoms with Gasteiger partial charge in [-0.25, -0.2) is 13.2 Å². The standard InChI is InChI=1S/C8H7F3O.C7H14/c1-2-12-5-3-6(9)8(11)7(10)4-5;1-7-5-3-2-4-6-7/h3-4H,2H2,1H3;7H,2-6H2,1H3. The molecule has 4 heteroatoms. The van der Waals surface area contributed by atoms with Gasteiger partial charge >= 0.3 is 0 Å². The van der Waals surface area contributed by atoms with Gasteiger partial charge in [0.1, 0.15) is 5.75 Å². The molecule has 108 valence electrons. The summed E-state index contributed by atoms with van der Waals surface area (Å²) in [6.07, 6.45) is 7.44. The summed E-state index contributed by atoms with van der Waals surface area (Å²) >= 11 is 0. The molecule has 0 bridgehead atoms. The van der Waals surface area contributed by atoms with Crippen LogP contribution < -0.4 is 4.74 Å². The number of halogens is 3. The average molecular weight is 274 g/mol. The Morgan fingerprint density at radius 1 is 1.05 bits per heavy atom. The molecule has 1 nitrogen and oxygen atoms in total. The van der Waals surface area contributed by atoms with Crippen molar-refractivity contribution in [2.75, 3.05) is 6.61 Å². The topological polar surface area (TPSA) is 9.23 Å². The number of benzene rings is 1. The van der Waals surface area contributed by atoms with Crippen molar-refractivity contribution in [2.24, 2.45) is 5.92 Å². The minimum atomic E-state index is -1.47. The monoisotopic (exact) mass is 274 g/mol. The van der Waals surface area contributed by atoms with Gasteiger partial charge in [-0.2, -0.15) is 0 Å². The highest BCUT2D eigenvalue weighted by Gasteiger charge is 2.10. The molecule has 0 saturated heterocycles. The van der Waals surface area contributed by atoms with Crippen LogP contribution in [0.4, 0.5) is 13.2 Å². The van der Waals surface area contributed by atoms with E-state index in [0.717, 1.165) is 18.1 Å². The van der Waals surface area contributed by atoms with Gasteiger partial charge in [-0.3, -0.25) is 0 Å². The van der Waals surface area contributed by atoms with Crippen molar-refractivity contribution >= 4 is 0 Å². The van der Waals surface area contributed by atoms with Gasteiger partial charge in [-0.15, -0.1) is 0 Å². The molecule has 1 aliphatic carbocycles. The smallest absolute Gasteiger partial charge is 0.194 e. The lowest BCUT2D eigenvalue weighted by molar-refractivity contribution is 0.331. The van der Waals surface area contributed by atoms with E-state index in [-0.39, 0.29) is 12.4 Å². The molecular weight excluding hydrogens is 253 g/mol. The van der Waals surface area contributed by atoms with Crippen LogP contribution in [0, 0.1) is 23.4 Å². The zero-order chi connectivity index (χ0) is 14.3. The van der Waals surface area contributed by atoms with E-state index in [1.165, 1.54) is 32.1 Å². The fraction of sp³-hybridized carbons (Fsp3) is 0.600. The van der Waals surface area contributed by atoms with Gasteiger partial charge in [0, 0.05) is 12.1 Å². The van der Waals surface area contributed by atoms with Gasteiger partial charge < -0.3 is 4.74 Å². The molecule has 0 N–H and O–H groups in total. The molecule has 1 aliphatic rings. The summed E-state index contributed by atoms with van der Waals surface area (Å²) in [5.74, 6) is -2.92. The first-order valence-electron chi connectivity index (χ1n) is 6.82. The Labute approximate surface area is 112 Å². The number of hydrogen-bond donors (Lipinski definition) is 0. The van der Waals surface area contributed by atoms with Crippen LogP contribution in [-0.2, 0) is 0 Å². The molecule has 0 atom stereocenters. The number of rotatable bonds is 2. The normalized spacial score (nSPS) is 15.6. The summed E-state index contributed by atoms with van der Waals surface area (Å²) in [6, 6.07) is 1.61. The highest BCUT2D eigenvalue weighted by atomic mass is 19.2. The zero-order valence-electron chi connectivity index (χ0n) is 11.5. The largest absolute Gasteiger partial charge is 0.494 e. The Hall–Kier alpha value is -1.19. The van der Waals surface area contributed by atoms with E-state index >= 15 is 0 Å². The molecule has 0 aliphatic heterocycles. The van der Waals surface area contributed by atoms with Crippen molar-refractivity contribution in [2.45, 2.75) is 46.0 Å². The van der Waals surface area contributed by atoms with E-state index in [4.69, 9.17) is 4.74 Å². The van der Waals surface area contributed by atoms with Gasteiger partial charge in [0.15, 0.2) is 17.5 Å². The summed E-state index contributed by atoms with van der Waals surface area (Å²) in [7, 11) is 0. The number of ether oxygens (including phenoxy) is 1. The van der Waals surface area contributed by atoms with Crippen LogP contribution >= 0.6 is 0 Å². The Kier molecular flexibility index (Phi) is 6.74. The van der Waals surface area contributed by atoms with E-state index in [1.54, 1.807) is 6.92 Å². The van der Waals surface area contributed by atoms with Crippen molar-refractivity contribution in [3.63, 3.8) is 0 Å². The fourth-order valence-corrected chi connectivity index (χ4v) is 2.09. The molecule has 2 rings (SSSR count). The molecule has 1 aromatic rings. The highest BCUT2D eigenvalue weighted by Crippen LogP contribution is 2.22. The van der Waals surface area contributed by atoms with Crippen LogP contribution in [0.2, 0.25) is 0 Å². The molecule has 0 amide bonds. The molecule has 0 heterocycles. The average Bonchev–Trinajstić information content (AvgIpc) is 2.38. The first-order chi connectivity index (χ1) is 9.04. The van der Waals surface area contributed by atoms with E-state index in [0.29, 0.717) is 0 Å². The van der Waals surface area contributed by atoms with Gasteiger partial charge in [-0.05, 0) is 12.8 Å². The van der Waals surface area contributed by atoms with E-state index in [2.05, 4.69) is 6.92 Å². The van der Waals surface area contributed by atoms with Crippen LogP contribution in [0.1, 0.15) is 46.0 Å². The minimum Gasteiger partial charge on any atom is -0.494 e. The Bertz CT molecular complexity index is 364. The Morgan fingerprint density at radius 3 is 1.95 bits per heavy atom. The third-order valence-corrected chi connectivity index (χ3v) is 3.16. The van der Waals surface area contributed by atoms with Gasteiger partial charge in [-0.1, -0.05) is 39.0 Å². The maximum Gasteiger partial charge on any atom is 0.194 e. The van der Waals surface area contributed by atoms with Crippen molar-refractivity contribution in [3.8, 4) is 5.75 Å². The second kappa shape index (κ2) is 8.08. The third kappa shape index (κ3) is 5.53. The van der Waals surface area contributed by atoms with Crippen molar-refractivity contribution < 1.29 is 17.9 Å². The molecule has 0 spiro atoms. The van der Waals surface area contributed by atoms with Crippen LogP contribution in [0.5, 0.6) is 5.75 Å². The predicted octanol–water partition coefficient (Wildman–Crippen LogP) is 5.09. The highest BCUT2D eigenvalue weighted by molar-refractivity contribution is 5.24. The summed E-state index contributed by atoms with van der Waals surface area (Å²) < 4.78 is 42.1. The minimum absolute atomic E-state index is 0.00565. The number of hydrogen-bond acceptors (Lipinski definition) is 1. The molecule has 0 unspecified atom stereocenters. The molecule has 19 heavy (non-hydrogen) atoms. The van der Waals surface area contributed by atoms with E-state index in [9.17, 15) is 13.2 Å². The lowest BCUT2D eigenvalue weighted by Gasteiger charge is -2.15. The van der Waals surface area contributed by atoms with Crippen molar-refractivity contribution in [3.05, 3.63) is 29.6 Å². The first kappa shape index (κ1) is 15.9. The van der Waals surface area contributed by atoms with Crippen molar-refractivity contribution in [1.82, 2.24) is 0 Å². The fourth-order valence-electron chi connectivity index (χ4n) is 2.09. The Balaban J connectivity index is 0.000000218. The quantitative estimate of drug-likeness (QED) is 0.683. The maximum absolute atomic E-state index is 12.5. The van der Waals surface area contributed by atoms with Gasteiger partial charge in [0.2, 0.25) is 0 Å². The molecule has 1 aromatic carbocycles. The van der Waals surface area contributed by atoms with Crippen molar-refractivity contribution in [1.29, 1.82) is 0 Å². The van der Waals surface area contributed by atoms with Crippen LogP contribution in [0.25, 0.3) is 0 Å². The van der Waals surface area contributed by atoms with E-state index in [1.807, 2.05) is 0 Å². The molecule has 1 fully saturated rings. The summed E-state index contributed by atoms with van der Waals surface area (Å²) in [6.45, 7) is 4.31. The third-order valence-electron chi connectivity index (χ3n) is 3.16. The first-order valence-corrected chi connectivity index (χ1v) is 6.82. The van der Waals surface area contributed by atoms with Crippen LogP contribution in [0.15, 0.2) is 12.1 Å². The second-order valence-electron chi connectivity index (χ2n) is 4.88. The van der Waals surface area contributed by atoms with Gasteiger partial charge in [0.05, 0.1) is 6.61 Å². The van der Waals surface area contributed by atoms with Crippen LogP contribution in [-0.4, -0.2) is 6.61 Å². The lowest BCUT2D eigenvalue weighted by atomic mass is 9.91. The summed E-state index contributed by atoms with van der Waals surface area (Å²) in [5.41, 5.74) is 0. The molecule has 0 radical (unpaired) electrons. The SMILES string of the molecule is CC1CCCCC1.CCOc1cc(F)c(F)c(F)c1. The summed E-state index contributed by atoms with van der Waals surface area (Å²) in [4.78, 5) is 0. The second-order valence-corrected chi connectivity index (χ2v) is 4.88. The lowest BCUT2D eigenvalue weighted by Crippen LogP contribution is -1.99.